The number of pyridine rings is 1. The first-order valence-corrected chi connectivity index (χ1v) is 5.88. The van der Waals surface area contributed by atoms with E-state index in [1.165, 1.54) is 5.56 Å². The number of hydrogen-bond donors (Lipinski definition) is 1. The summed E-state index contributed by atoms with van der Waals surface area (Å²) in [6.07, 6.45) is 4.50. The molecular weight excluding hydrogens is 212 g/mol. The average Bonchev–Trinajstić information content (AvgIpc) is 2.86. The van der Waals surface area contributed by atoms with Crippen LogP contribution in [0.5, 0.6) is 0 Å². The highest BCUT2D eigenvalue weighted by Gasteiger charge is 2.18. The maximum Gasteiger partial charge on any atom is 0.159 e. The van der Waals surface area contributed by atoms with Crippen LogP contribution in [0.15, 0.2) is 24.5 Å². The molecule has 0 radical (unpaired) electrons. The molecule has 2 aromatic rings. The molecule has 3 rings (SSSR count). The molecule has 86 valence electrons. The van der Waals surface area contributed by atoms with E-state index in [-0.39, 0.29) is 0 Å². The van der Waals surface area contributed by atoms with E-state index in [1.54, 1.807) is 12.4 Å². The number of aromatic nitrogens is 3. The molecule has 1 aliphatic heterocycles. The molecule has 0 unspecified atom stereocenters. The molecule has 0 fully saturated rings. The maximum atomic E-state index is 4.65. The molecule has 4 nitrogen and oxygen atoms in total. The summed E-state index contributed by atoms with van der Waals surface area (Å²) in [6, 6.07) is 3.90. The minimum absolute atomic E-state index is 0.812. The lowest BCUT2D eigenvalue weighted by molar-refractivity contribution is 0.755. The van der Waals surface area contributed by atoms with Crippen molar-refractivity contribution in [1.82, 2.24) is 20.3 Å². The molecule has 0 atom stereocenters. The van der Waals surface area contributed by atoms with Gasteiger partial charge >= 0.3 is 0 Å². The van der Waals surface area contributed by atoms with Gasteiger partial charge in [0, 0.05) is 42.3 Å². The molecule has 0 saturated carbocycles. The molecule has 1 aliphatic rings. The molecule has 3 heterocycles. The van der Waals surface area contributed by atoms with Crippen LogP contribution < -0.4 is 5.32 Å². The molecular formula is C13H14N4. The van der Waals surface area contributed by atoms with Gasteiger partial charge in [0.1, 0.15) is 0 Å². The number of nitrogens with zero attached hydrogens (tertiary/aromatic N) is 3. The van der Waals surface area contributed by atoms with Gasteiger partial charge in [-0.2, -0.15) is 0 Å². The normalized spacial score (nSPS) is 13.7. The highest BCUT2D eigenvalue weighted by Crippen LogP contribution is 2.22. The number of fused-ring (bicyclic) bond motifs is 1. The molecule has 0 spiro atoms. The summed E-state index contributed by atoms with van der Waals surface area (Å²) in [4.78, 5) is 13.3. The Bertz CT molecular complexity index is 537. The van der Waals surface area contributed by atoms with Crippen molar-refractivity contribution in [1.29, 1.82) is 0 Å². The third-order valence-corrected chi connectivity index (χ3v) is 3.05. The molecule has 1 N–H and O–H groups in total. The number of hydrogen-bond acceptors (Lipinski definition) is 4. The fourth-order valence-corrected chi connectivity index (χ4v) is 2.16. The van der Waals surface area contributed by atoms with Gasteiger partial charge in [0.15, 0.2) is 5.82 Å². The third-order valence-electron chi connectivity index (χ3n) is 3.05. The van der Waals surface area contributed by atoms with E-state index in [1.807, 2.05) is 12.1 Å². The van der Waals surface area contributed by atoms with Crippen LogP contribution in [0.2, 0.25) is 0 Å². The van der Waals surface area contributed by atoms with Crippen LogP contribution >= 0.6 is 0 Å². The molecule has 0 saturated heterocycles. The van der Waals surface area contributed by atoms with Gasteiger partial charge in [0.25, 0.3) is 0 Å². The van der Waals surface area contributed by atoms with Gasteiger partial charge in [-0.15, -0.1) is 0 Å². The van der Waals surface area contributed by atoms with Crippen LogP contribution in [0, 0.1) is 0 Å². The van der Waals surface area contributed by atoms with E-state index in [0.29, 0.717) is 0 Å². The Balaban J connectivity index is 2.13. The first kappa shape index (κ1) is 10.4. The Labute approximate surface area is 100 Å². The summed E-state index contributed by atoms with van der Waals surface area (Å²) in [7, 11) is 0. The van der Waals surface area contributed by atoms with E-state index >= 15 is 0 Å². The van der Waals surface area contributed by atoms with E-state index in [4.69, 9.17) is 0 Å². The summed E-state index contributed by atoms with van der Waals surface area (Å²) >= 11 is 0. The lowest BCUT2D eigenvalue weighted by Gasteiger charge is -2.07. The van der Waals surface area contributed by atoms with Crippen molar-refractivity contribution in [2.75, 3.05) is 0 Å². The standard InChI is InChI=1S/C13H14N4/c1-2-11-10-7-15-8-12(10)17-13(16-11)9-3-5-14-6-4-9/h3-6,15H,2,7-8H2,1H3. The van der Waals surface area contributed by atoms with Crippen molar-refractivity contribution < 1.29 is 0 Å². The van der Waals surface area contributed by atoms with Crippen molar-refractivity contribution in [3.05, 3.63) is 41.5 Å². The second-order valence-electron chi connectivity index (χ2n) is 4.11. The van der Waals surface area contributed by atoms with Crippen molar-refractivity contribution in [3.63, 3.8) is 0 Å². The molecule has 2 aromatic heterocycles. The summed E-state index contributed by atoms with van der Waals surface area (Å²) in [5, 5.41) is 3.33. The zero-order chi connectivity index (χ0) is 11.7. The Hall–Kier alpha value is -1.81. The smallest absolute Gasteiger partial charge is 0.159 e. The average molecular weight is 226 g/mol. The summed E-state index contributed by atoms with van der Waals surface area (Å²) < 4.78 is 0. The lowest BCUT2D eigenvalue weighted by Crippen LogP contribution is -2.02. The van der Waals surface area contributed by atoms with Crippen LogP contribution in [0.4, 0.5) is 0 Å². The predicted octanol–water partition coefficient (Wildman–Crippen LogP) is 1.70. The first-order chi connectivity index (χ1) is 8.38. The van der Waals surface area contributed by atoms with Crippen LogP contribution in [0.3, 0.4) is 0 Å². The Morgan fingerprint density at radius 1 is 1.18 bits per heavy atom. The van der Waals surface area contributed by atoms with Crippen LogP contribution in [-0.2, 0) is 19.5 Å². The molecule has 0 amide bonds. The topological polar surface area (TPSA) is 50.7 Å². The summed E-state index contributed by atoms with van der Waals surface area (Å²) in [6.45, 7) is 3.88. The summed E-state index contributed by atoms with van der Waals surface area (Å²) in [5.74, 6) is 0.812. The number of rotatable bonds is 2. The van der Waals surface area contributed by atoms with Gasteiger partial charge in [0.2, 0.25) is 0 Å². The van der Waals surface area contributed by atoms with E-state index < -0.39 is 0 Å². The van der Waals surface area contributed by atoms with E-state index in [0.717, 1.165) is 42.3 Å². The second kappa shape index (κ2) is 4.22. The van der Waals surface area contributed by atoms with Crippen molar-refractivity contribution in [2.24, 2.45) is 0 Å². The summed E-state index contributed by atoms with van der Waals surface area (Å²) in [5.41, 5.74) is 4.62. The maximum absolute atomic E-state index is 4.65. The molecule has 17 heavy (non-hydrogen) atoms. The van der Waals surface area contributed by atoms with Gasteiger partial charge in [-0.25, -0.2) is 9.97 Å². The molecule has 0 bridgehead atoms. The number of nitrogens with one attached hydrogen (secondary N) is 1. The second-order valence-corrected chi connectivity index (χ2v) is 4.11. The van der Waals surface area contributed by atoms with Gasteiger partial charge in [-0.05, 0) is 18.6 Å². The number of aryl methyl sites for hydroxylation is 1. The largest absolute Gasteiger partial charge is 0.307 e. The monoisotopic (exact) mass is 226 g/mol. The van der Waals surface area contributed by atoms with Crippen LogP contribution in [-0.4, -0.2) is 15.0 Å². The minimum Gasteiger partial charge on any atom is -0.307 e. The van der Waals surface area contributed by atoms with Crippen molar-refractivity contribution in [3.8, 4) is 11.4 Å². The van der Waals surface area contributed by atoms with Crippen molar-refractivity contribution in [2.45, 2.75) is 26.4 Å². The molecule has 0 aromatic carbocycles. The van der Waals surface area contributed by atoms with E-state index in [9.17, 15) is 0 Å². The Morgan fingerprint density at radius 2 is 2.00 bits per heavy atom. The van der Waals surface area contributed by atoms with Gasteiger partial charge in [-0.1, -0.05) is 6.92 Å². The van der Waals surface area contributed by atoms with E-state index in [2.05, 4.69) is 27.2 Å². The fraction of sp³-hybridized carbons (Fsp3) is 0.308. The molecule has 4 heteroatoms. The lowest BCUT2D eigenvalue weighted by atomic mass is 10.1. The Morgan fingerprint density at radius 3 is 2.76 bits per heavy atom. The van der Waals surface area contributed by atoms with Crippen LogP contribution in [0.1, 0.15) is 23.9 Å². The van der Waals surface area contributed by atoms with Gasteiger partial charge in [-0.3, -0.25) is 4.98 Å². The SMILES string of the molecule is CCc1nc(-c2ccncc2)nc2c1CNC2. The van der Waals surface area contributed by atoms with Gasteiger partial charge in [0.05, 0.1) is 5.69 Å². The van der Waals surface area contributed by atoms with Crippen molar-refractivity contribution >= 4 is 0 Å². The van der Waals surface area contributed by atoms with Gasteiger partial charge < -0.3 is 5.32 Å². The highest BCUT2D eigenvalue weighted by atomic mass is 15.0. The minimum atomic E-state index is 0.812. The quantitative estimate of drug-likeness (QED) is 0.846. The zero-order valence-corrected chi connectivity index (χ0v) is 9.77. The fourth-order valence-electron chi connectivity index (χ4n) is 2.16. The zero-order valence-electron chi connectivity index (χ0n) is 9.77. The predicted molar refractivity (Wildman–Crippen MR) is 65.2 cm³/mol. The Kier molecular flexibility index (Phi) is 2.57. The van der Waals surface area contributed by atoms with Crippen LogP contribution in [0.25, 0.3) is 11.4 Å². The molecule has 0 aliphatic carbocycles. The third kappa shape index (κ3) is 1.80. The first-order valence-electron chi connectivity index (χ1n) is 5.88. The highest BCUT2D eigenvalue weighted by molar-refractivity contribution is 5.55.